The van der Waals surface area contributed by atoms with Crippen molar-refractivity contribution in [1.29, 1.82) is 0 Å². The lowest BCUT2D eigenvalue weighted by Crippen LogP contribution is -2.57. The molecule has 0 radical (unpaired) electrons. The number of guanidine groups is 1. The zero-order chi connectivity index (χ0) is 26.4. The maximum Gasteiger partial charge on any atom is 0.326 e. The number of carboxylic acid groups (broad SMARTS) is 2. The first kappa shape index (κ1) is 30.0. The summed E-state index contributed by atoms with van der Waals surface area (Å²) in [5.41, 5.74) is 10.6. The Morgan fingerprint density at radius 1 is 1.03 bits per heavy atom. The van der Waals surface area contributed by atoms with E-state index in [1.54, 1.807) is 6.26 Å². The topological polar surface area (TPSA) is 238 Å². The highest BCUT2D eigenvalue weighted by Crippen LogP contribution is 2.08. The first-order chi connectivity index (χ1) is 16.5. The van der Waals surface area contributed by atoms with Gasteiger partial charge in [-0.25, -0.2) is 4.79 Å². The van der Waals surface area contributed by atoms with Crippen molar-refractivity contribution < 1.29 is 34.2 Å². The summed E-state index contributed by atoms with van der Waals surface area (Å²) in [7, 11) is 0. The molecule has 3 amide bonds. The van der Waals surface area contributed by atoms with Gasteiger partial charge in [-0.2, -0.15) is 11.8 Å². The number of rotatable bonds is 16. The first-order valence-electron chi connectivity index (χ1n) is 11.2. The SMILES string of the molecule is CSCCC(NC(=O)C(CCCN=C(N)N)NC(=O)C1CCCN1)C(=O)NC(CC(=O)O)C(=O)O. The predicted octanol–water partition coefficient (Wildman–Crippen LogP) is -2.44. The molecule has 0 aliphatic carbocycles. The van der Waals surface area contributed by atoms with E-state index in [9.17, 15) is 29.1 Å². The highest BCUT2D eigenvalue weighted by atomic mass is 32.2. The number of hydrogen-bond acceptors (Lipinski definition) is 8. The molecule has 0 aromatic carbocycles. The summed E-state index contributed by atoms with van der Waals surface area (Å²) < 4.78 is 0. The highest BCUT2D eigenvalue weighted by Gasteiger charge is 2.31. The molecule has 14 nitrogen and oxygen atoms in total. The Morgan fingerprint density at radius 2 is 1.66 bits per heavy atom. The van der Waals surface area contributed by atoms with Gasteiger partial charge in [0.05, 0.1) is 12.5 Å². The molecule has 0 saturated carbocycles. The van der Waals surface area contributed by atoms with Crippen LogP contribution < -0.4 is 32.7 Å². The second-order valence-corrected chi connectivity index (χ2v) is 8.98. The summed E-state index contributed by atoms with van der Waals surface area (Å²) in [5.74, 6) is -4.36. The summed E-state index contributed by atoms with van der Waals surface area (Å²) in [5, 5.41) is 28.6. The van der Waals surface area contributed by atoms with Crippen molar-refractivity contribution in [1.82, 2.24) is 21.3 Å². The van der Waals surface area contributed by atoms with E-state index in [1.165, 1.54) is 11.8 Å². The van der Waals surface area contributed by atoms with Crippen molar-refractivity contribution in [2.24, 2.45) is 16.5 Å². The lowest BCUT2D eigenvalue weighted by molar-refractivity contribution is -0.147. The Kier molecular flexibility index (Phi) is 13.5. The molecule has 1 heterocycles. The van der Waals surface area contributed by atoms with Gasteiger partial charge in [-0.05, 0) is 50.7 Å². The van der Waals surface area contributed by atoms with Crippen molar-refractivity contribution >= 4 is 47.4 Å². The number of nitrogens with one attached hydrogen (secondary N) is 4. The van der Waals surface area contributed by atoms with Crippen LogP contribution in [-0.2, 0) is 24.0 Å². The minimum Gasteiger partial charge on any atom is -0.481 e. The van der Waals surface area contributed by atoms with E-state index < -0.39 is 54.3 Å². The van der Waals surface area contributed by atoms with Gasteiger partial charge in [-0.15, -0.1) is 0 Å². The van der Waals surface area contributed by atoms with Crippen molar-refractivity contribution in [3.8, 4) is 0 Å². The van der Waals surface area contributed by atoms with Crippen LogP contribution in [0.5, 0.6) is 0 Å². The number of carbonyl (C=O) groups is 5. The molecule has 4 unspecified atom stereocenters. The molecule has 1 fully saturated rings. The third-order valence-corrected chi connectivity index (χ3v) is 5.84. The Morgan fingerprint density at radius 3 is 2.17 bits per heavy atom. The maximum absolute atomic E-state index is 13.1. The summed E-state index contributed by atoms with van der Waals surface area (Å²) in [6, 6.07) is -4.20. The fourth-order valence-corrected chi connectivity index (χ4v) is 3.85. The number of nitrogens with two attached hydrogens (primary N) is 2. The average molecular weight is 518 g/mol. The van der Waals surface area contributed by atoms with E-state index in [0.717, 1.165) is 6.42 Å². The molecule has 1 aliphatic rings. The van der Waals surface area contributed by atoms with Gasteiger partial charge >= 0.3 is 11.9 Å². The molecule has 198 valence electrons. The number of aliphatic carboxylic acids is 2. The smallest absolute Gasteiger partial charge is 0.326 e. The van der Waals surface area contributed by atoms with Gasteiger partial charge in [0.1, 0.15) is 18.1 Å². The lowest BCUT2D eigenvalue weighted by Gasteiger charge is -2.25. The van der Waals surface area contributed by atoms with E-state index in [0.29, 0.717) is 25.1 Å². The monoisotopic (exact) mass is 517 g/mol. The molecule has 35 heavy (non-hydrogen) atoms. The normalized spacial score (nSPS) is 17.5. The average Bonchev–Trinajstić information content (AvgIpc) is 3.32. The highest BCUT2D eigenvalue weighted by molar-refractivity contribution is 7.98. The lowest BCUT2D eigenvalue weighted by atomic mass is 10.1. The predicted molar refractivity (Wildman–Crippen MR) is 130 cm³/mol. The zero-order valence-corrected chi connectivity index (χ0v) is 20.4. The fourth-order valence-electron chi connectivity index (χ4n) is 3.38. The molecular formula is C20H35N7O7S. The number of carboxylic acids is 2. The standard InChI is InChI=1S/C20H35N7O7S/c1-35-9-6-13(18(32)27-14(19(33)34)10-15(28)29)26-17(31)12(5-3-8-24-20(21)22)25-16(30)11-4-2-7-23-11/h11-14,23H,2-10H2,1H3,(H,25,30)(H,26,31)(H,27,32)(H,28,29)(H,33,34)(H4,21,22,24). The third kappa shape index (κ3) is 11.8. The van der Waals surface area contributed by atoms with Gasteiger partial charge in [-0.1, -0.05) is 0 Å². The van der Waals surface area contributed by atoms with E-state index in [1.807, 2.05) is 0 Å². The Hall–Kier alpha value is -3.07. The molecule has 1 rings (SSSR count). The van der Waals surface area contributed by atoms with Crippen LogP contribution in [0.15, 0.2) is 4.99 Å². The Bertz CT molecular complexity index is 786. The van der Waals surface area contributed by atoms with Crippen molar-refractivity contribution in [2.75, 3.05) is 25.1 Å². The quantitative estimate of drug-likeness (QED) is 0.0607. The molecule has 4 atom stereocenters. The number of amides is 3. The van der Waals surface area contributed by atoms with Gasteiger partial charge in [0.25, 0.3) is 0 Å². The Labute approximate surface area is 207 Å². The first-order valence-corrected chi connectivity index (χ1v) is 12.6. The summed E-state index contributed by atoms with van der Waals surface area (Å²) in [6.07, 6.45) is 3.16. The second-order valence-electron chi connectivity index (χ2n) is 8.00. The van der Waals surface area contributed by atoms with Gasteiger partial charge in [-0.3, -0.25) is 24.2 Å². The molecule has 1 aliphatic heterocycles. The molecule has 0 aromatic rings. The van der Waals surface area contributed by atoms with Crippen molar-refractivity contribution in [3.05, 3.63) is 0 Å². The van der Waals surface area contributed by atoms with Crippen LogP contribution in [-0.4, -0.2) is 95.1 Å². The molecule has 1 saturated heterocycles. The number of hydrogen-bond donors (Lipinski definition) is 8. The van der Waals surface area contributed by atoms with Crippen molar-refractivity contribution in [3.63, 3.8) is 0 Å². The molecule has 0 bridgehead atoms. The van der Waals surface area contributed by atoms with Crippen LogP contribution >= 0.6 is 11.8 Å². The summed E-state index contributed by atoms with van der Waals surface area (Å²) in [6.45, 7) is 0.924. The Balaban J connectivity index is 2.93. The van der Waals surface area contributed by atoms with Crippen LogP contribution in [0.1, 0.15) is 38.5 Å². The van der Waals surface area contributed by atoms with Crippen LogP contribution in [0.25, 0.3) is 0 Å². The maximum atomic E-state index is 13.1. The molecule has 10 N–H and O–H groups in total. The van der Waals surface area contributed by atoms with E-state index >= 15 is 0 Å². The van der Waals surface area contributed by atoms with E-state index in [-0.39, 0.29) is 31.3 Å². The summed E-state index contributed by atoms with van der Waals surface area (Å²) >= 11 is 1.41. The minimum atomic E-state index is -1.66. The van der Waals surface area contributed by atoms with Gasteiger partial charge in [0.15, 0.2) is 5.96 Å². The van der Waals surface area contributed by atoms with E-state index in [4.69, 9.17) is 16.6 Å². The van der Waals surface area contributed by atoms with Gasteiger partial charge in [0, 0.05) is 6.54 Å². The largest absolute Gasteiger partial charge is 0.481 e. The van der Waals surface area contributed by atoms with Gasteiger partial charge < -0.3 is 42.9 Å². The molecule has 0 spiro atoms. The zero-order valence-electron chi connectivity index (χ0n) is 19.6. The van der Waals surface area contributed by atoms with Crippen LogP contribution in [0.2, 0.25) is 0 Å². The number of aliphatic imine (C=N–C) groups is 1. The number of nitrogens with zero attached hydrogens (tertiary/aromatic N) is 1. The minimum absolute atomic E-state index is 0.103. The third-order valence-electron chi connectivity index (χ3n) is 5.19. The van der Waals surface area contributed by atoms with Crippen LogP contribution in [0.4, 0.5) is 0 Å². The molecular weight excluding hydrogens is 482 g/mol. The molecule has 0 aromatic heterocycles. The molecule has 15 heteroatoms. The number of carbonyl (C=O) groups excluding carboxylic acids is 3. The van der Waals surface area contributed by atoms with Crippen LogP contribution in [0.3, 0.4) is 0 Å². The van der Waals surface area contributed by atoms with Gasteiger partial charge in [0.2, 0.25) is 17.7 Å². The van der Waals surface area contributed by atoms with Crippen LogP contribution in [0, 0.1) is 0 Å². The number of thioether (sulfide) groups is 1. The summed E-state index contributed by atoms with van der Waals surface area (Å²) in [4.78, 5) is 64.5. The van der Waals surface area contributed by atoms with Crippen molar-refractivity contribution in [2.45, 2.75) is 62.7 Å². The van der Waals surface area contributed by atoms with E-state index in [2.05, 4.69) is 26.3 Å². The fraction of sp³-hybridized carbons (Fsp3) is 0.700. The second kappa shape index (κ2) is 15.8.